The molecule has 0 aromatic rings. The molecule has 0 N–H and O–H groups in total. The van der Waals surface area contributed by atoms with Gasteiger partial charge in [-0.1, -0.05) is 19.3 Å². The van der Waals surface area contributed by atoms with Gasteiger partial charge < -0.3 is 4.90 Å². The van der Waals surface area contributed by atoms with Crippen molar-refractivity contribution < 1.29 is 27.4 Å². The minimum Gasteiger partial charge on any atom is -0.340 e. The lowest BCUT2D eigenvalue weighted by Gasteiger charge is -2.37. The molecule has 4 amide bonds. The van der Waals surface area contributed by atoms with Gasteiger partial charge in [-0.05, 0) is 12.8 Å². The van der Waals surface area contributed by atoms with E-state index in [1.807, 2.05) is 0 Å². The average molecular weight is 399 g/mol. The number of rotatable bonds is 3. The number of nitrogens with zero attached hydrogens (tertiary/aromatic N) is 4. The second-order valence-electron chi connectivity index (χ2n) is 7.46. The molecule has 2 aliphatic heterocycles. The molecule has 1 atom stereocenters. The summed E-state index contributed by atoms with van der Waals surface area (Å²) in [4.78, 5) is 39.3. The zero-order chi connectivity index (χ0) is 19.8. The Labute approximate surface area is 159 Å². The fraction of sp³-hybridized carbons (Fsp3) is 0.765. The van der Waals surface area contributed by atoms with Crippen LogP contribution in [0.5, 0.6) is 0 Å². The number of sulfonamides is 1. The molecular formula is C17H27N4O5S+. The van der Waals surface area contributed by atoms with Gasteiger partial charge >= 0.3 is 11.9 Å². The van der Waals surface area contributed by atoms with E-state index in [1.54, 1.807) is 4.90 Å². The number of piperazine rings is 1. The molecule has 1 unspecified atom stereocenters. The van der Waals surface area contributed by atoms with E-state index in [0.29, 0.717) is 13.1 Å². The van der Waals surface area contributed by atoms with Crippen LogP contribution in [0, 0.1) is 5.92 Å². The number of amides is 4. The third-order valence-corrected chi connectivity index (χ3v) is 7.76. The van der Waals surface area contributed by atoms with E-state index in [-0.39, 0.29) is 24.9 Å². The number of carbonyl (C=O) groups is 3. The van der Waals surface area contributed by atoms with Crippen LogP contribution in [0.4, 0.5) is 4.79 Å². The van der Waals surface area contributed by atoms with Crippen LogP contribution >= 0.6 is 0 Å². The summed E-state index contributed by atoms with van der Waals surface area (Å²) >= 11 is 0. The third-order valence-electron chi connectivity index (χ3n) is 5.71. The Bertz CT molecular complexity index is 764. The zero-order valence-corrected chi connectivity index (χ0v) is 16.7. The van der Waals surface area contributed by atoms with Gasteiger partial charge in [0.1, 0.15) is 6.21 Å². The first kappa shape index (κ1) is 19.9. The first-order valence-corrected chi connectivity index (χ1v) is 10.9. The van der Waals surface area contributed by atoms with Crippen molar-refractivity contribution >= 4 is 34.1 Å². The molecule has 27 heavy (non-hydrogen) atoms. The molecule has 0 spiro atoms. The molecule has 0 radical (unpaired) electrons. The van der Waals surface area contributed by atoms with Crippen molar-refractivity contribution in [3.63, 3.8) is 0 Å². The van der Waals surface area contributed by atoms with E-state index in [0.717, 1.165) is 41.4 Å². The fourth-order valence-corrected chi connectivity index (χ4v) is 5.73. The number of carbonyl (C=O) groups excluding carboxylic acids is 3. The summed E-state index contributed by atoms with van der Waals surface area (Å²) in [6.07, 6.45) is 6.30. The predicted molar refractivity (Wildman–Crippen MR) is 97.9 cm³/mol. The number of hydrogen-bond acceptors (Lipinski definition) is 5. The maximum absolute atomic E-state index is 12.9. The standard InChI is InChI=1S/C17H27N4O5S/c1-18-12-14(16(23)19(2)17(18)24)27(25,26)21-10-8-20(9-11-21)15(22)13-6-4-3-5-7-13/h12-14H,3-11H2,1-2H3/q+1. The Morgan fingerprint density at radius 1 is 1.07 bits per heavy atom. The zero-order valence-electron chi connectivity index (χ0n) is 15.8. The lowest BCUT2D eigenvalue weighted by Crippen LogP contribution is -2.59. The normalized spacial score (nSPS) is 26.3. The van der Waals surface area contributed by atoms with Crippen molar-refractivity contribution in [3.05, 3.63) is 0 Å². The van der Waals surface area contributed by atoms with Crippen LogP contribution in [-0.4, -0.2) is 96.7 Å². The monoisotopic (exact) mass is 399 g/mol. The Balaban J connectivity index is 1.67. The van der Waals surface area contributed by atoms with Gasteiger partial charge in [0.25, 0.3) is 0 Å². The molecular weight excluding hydrogens is 372 g/mol. The van der Waals surface area contributed by atoms with Gasteiger partial charge in [-0.25, -0.2) is 17.8 Å². The van der Waals surface area contributed by atoms with E-state index in [9.17, 15) is 22.8 Å². The maximum Gasteiger partial charge on any atom is 0.500 e. The van der Waals surface area contributed by atoms with E-state index in [1.165, 1.54) is 24.8 Å². The largest absolute Gasteiger partial charge is 0.500 e. The van der Waals surface area contributed by atoms with E-state index < -0.39 is 27.2 Å². The SMILES string of the molecule is CN1C(=O)C(S(=O)(=O)N2CCN(C(=O)C3CCCCC3)CC2)C=[N+](C)C1=O. The molecule has 9 nitrogen and oxygen atoms in total. The highest BCUT2D eigenvalue weighted by molar-refractivity contribution is 7.91. The second-order valence-corrected chi connectivity index (χ2v) is 9.52. The average Bonchev–Trinajstić information content (AvgIpc) is 2.69. The highest BCUT2D eigenvalue weighted by Gasteiger charge is 2.48. The Hall–Kier alpha value is -1.81. The Morgan fingerprint density at radius 2 is 1.67 bits per heavy atom. The van der Waals surface area contributed by atoms with Crippen LogP contribution < -0.4 is 0 Å². The fourth-order valence-electron chi connectivity index (χ4n) is 3.99. The van der Waals surface area contributed by atoms with E-state index in [4.69, 9.17) is 0 Å². The molecule has 0 aromatic carbocycles. The predicted octanol–water partition coefficient (Wildman–Crippen LogP) is -0.286. The van der Waals surface area contributed by atoms with Gasteiger partial charge in [-0.3, -0.25) is 4.79 Å². The first-order valence-electron chi connectivity index (χ1n) is 9.40. The summed E-state index contributed by atoms with van der Waals surface area (Å²) in [6, 6.07) is -0.561. The quantitative estimate of drug-likeness (QED) is 0.608. The number of urea groups is 1. The first-order chi connectivity index (χ1) is 12.7. The van der Waals surface area contributed by atoms with Crippen molar-refractivity contribution in [2.45, 2.75) is 37.4 Å². The topological polar surface area (TPSA) is 98.1 Å². The van der Waals surface area contributed by atoms with Gasteiger partial charge in [0.15, 0.2) is 0 Å². The summed E-state index contributed by atoms with van der Waals surface area (Å²) in [7, 11) is -1.24. The Morgan fingerprint density at radius 3 is 2.26 bits per heavy atom. The van der Waals surface area contributed by atoms with Crippen LogP contribution in [0.2, 0.25) is 0 Å². The molecule has 3 rings (SSSR count). The molecule has 0 bridgehead atoms. The lowest BCUT2D eigenvalue weighted by atomic mass is 9.88. The Kier molecular flexibility index (Phi) is 5.66. The van der Waals surface area contributed by atoms with Crippen LogP contribution in [0.1, 0.15) is 32.1 Å². The van der Waals surface area contributed by atoms with Gasteiger partial charge in [0.05, 0.1) is 14.1 Å². The molecule has 2 heterocycles. The van der Waals surface area contributed by atoms with Crippen LogP contribution in [0.3, 0.4) is 0 Å². The van der Waals surface area contributed by atoms with Crippen molar-refractivity contribution in [2.75, 3.05) is 40.3 Å². The molecule has 1 saturated carbocycles. The van der Waals surface area contributed by atoms with Crippen molar-refractivity contribution in [3.8, 4) is 0 Å². The summed E-state index contributed by atoms with van der Waals surface area (Å²) in [5, 5.41) is -1.41. The van der Waals surface area contributed by atoms with Gasteiger partial charge in [-0.15, -0.1) is 0 Å². The van der Waals surface area contributed by atoms with Crippen LogP contribution in [0.25, 0.3) is 0 Å². The summed E-state index contributed by atoms with van der Waals surface area (Å²) < 4.78 is 28.2. The highest BCUT2D eigenvalue weighted by Crippen LogP contribution is 2.26. The lowest BCUT2D eigenvalue weighted by molar-refractivity contribution is -0.399. The molecule has 150 valence electrons. The highest BCUT2D eigenvalue weighted by atomic mass is 32.2. The van der Waals surface area contributed by atoms with E-state index in [2.05, 4.69) is 0 Å². The number of imide groups is 1. The smallest absolute Gasteiger partial charge is 0.340 e. The third kappa shape index (κ3) is 3.77. The number of hydrogen-bond donors (Lipinski definition) is 0. The van der Waals surface area contributed by atoms with Crippen molar-refractivity contribution in [1.82, 2.24) is 14.1 Å². The van der Waals surface area contributed by atoms with E-state index >= 15 is 0 Å². The maximum atomic E-state index is 12.9. The molecule has 3 aliphatic rings. The molecule has 2 fully saturated rings. The van der Waals surface area contributed by atoms with Crippen LogP contribution in [0.15, 0.2) is 0 Å². The van der Waals surface area contributed by atoms with Crippen LogP contribution in [-0.2, 0) is 19.6 Å². The van der Waals surface area contributed by atoms with Gasteiger partial charge in [0, 0.05) is 32.1 Å². The summed E-state index contributed by atoms with van der Waals surface area (Å²) in [5.74, 6) is -0.570. The summed E-state index contributed by atoms with van der Waals surface area (Å²) in [5.41, 5.74) is 0. The van der Waals surface area contributed by atoms with Crippen molar-refractivity contribution in [2.24, 2.45) is 5.92 Å². The molecule has 1 saturated heterocycles. The van der Waals surface area contributed by atoms with Gasteiger partial charge in [0.2, 0.25) is 21.2 Å². The minimum atomic E-state index is -3.94. The molecule has 0 aromatic heterocycles. The molecule has 10 heteroatoms. The molecule has 1 aliphatic carbocycles. The van der Waals surface area contributed by atoms with Crippen molar-refractivity contribution in [1.29, 1.82) is 0 Å². The van der Waals surface area contributed by atoms with Gasteiger partial charge in [-0.2, -0.15) is 14.0 Å². The second kappa shape index (κ2) is 7.67. The summed E-state index contributed by atoms with van der Waals surface area (Å²) in [6.45, 7) is 1.000. The minimum absolute atomic E-state index is 0.0588.